The molecule has 1 aliphatic rings. The Labute approximate surface area is 124 Å². The summed E-state index contributed by atoms with van der Waals surface area (Å²) in [6.45, 7) is 3.26. The van der Waals surface area contributed by atoms with E-state index in [9.17, 15) is 14.4 Å². The average Bonchev–Trinajstić information content (AvgIpc) is 2.43. The van der Waals surface area contributed by atoms with Crippen molar-refractivity contribution in [1.29, 1.82) is 0 Å². The van der Waals surface area contributed by atoms with Crippen molar-refractivity contribution in [1.82, 2.24) is 16.0 Å². The van der Waals surface area contributed by atoms with Crippen LogP contribution in [0.2, 0.25) is 0 Å². The van der Waals surface area contributed by atoms with Crippen LogP contribution in [-0.2, 0) is 9.59 Å². The van der Waals surface area contributed by atoms with Crippen molar-refractivity contribution < 1.29 is 19.5 Å². The first-order chi connectivity index (χ1) is 9.90. The van der Waals surface area contributed by atoms with Gasteiger partial charge in [-0.1, -0.05) is 33.1 Å². The molecule has 7 heteroatoms. The molecule has 3 amide bonds. The van der Waals surface area contributed by atoms with Crippen LogP contribution < -0.4 is 16.0 Å². The lowest BCUT2D eigenvalue weighted by Crippen LogP contribution is -2.51. The van der Waals surface area contributed by atoms with Gasteiger partial charge in [0.15, 0.2) is 0 Å². The zero-order valence-electron chi connectivity index (χ0n) is 12.6. The highest BCUT2D eigenvalue weighted by atomic mass is 16.4. The van der Waals surface area contributed by atoms with Crippen LogP contribution >= 0.6 is 0 Å². The van der Waals surface area contributed by atoms with E-state index in [1.807, 2.05) is 0 Å². The highest BCUT2D eigenvalue weighted by molar-refractivity contribution is 5.86. The fourth-order valence-corrected chi connectivity index (χ4v) is 2.39. The summed E-state index contributed by atoms with van der Waals surface area (Å²) in [5.41, 5.74) is 0. The molecule has 0 aliphatic heterocycles. The summed E-state index contributed by atoms with van der Waals surface area (Å²) >= 11 is 0. The predicted molar refractivity (Wildman–Crippen MR) is 77.8 cm³/mol. The van der Waals surface area contributed by atoms with Crippen LogP contribution in [-0.4, -0.2) is 41.6 Å². The summed E-state index contributed by atoms with van der Waals surface area (Å²) < 4.78 is 0. The van der Waals surface area contributed by atoms with Crippen LogP contribution in [0.4, 0.5) is 4.79 Å². The Morgan fingerprint density at radius 3 is 2.29 bits per heavy atom. The van der Waals surface area contributed by atoms with Gasteiger partial charge in [-0.25, -0.2) is 9.59 Å². The zero-order chi connectivity index (χ0) is 15.8. The maximum Gasteiger partial charge on any atom is 0.326 e. The summed E-state index contributed by atoms with van der Waals surface area (Å²) in [7, 11) is 0. The van der Waals surface area contributed by atoms with Gasteiger partial charge in [0, 0.05) is 6.04 Å². The van der Waals surface area contributed by atoms with Crippen molar-refractivity contribution in [2.75, 3.05) is 6.54 Å². The molecule has 1 rings (SSSR count). The van der Waals surface area contributed by atoms with Crippen molar-refractivity contribution in [2.24, 2.45) is 5.92 Å². The molecular weight excluding hydrogens is 274 g/mol. The molecular formula is C14H25N3O4. The highest BCUT2D eigenvalue weighted by Crippen LogP contribution is 2.17. The number of aliphatic carboxylic acids is 1. The Morgan fingerprint density at radius 2 is 1.76 bits per heavy atom. The first kappa shape index (κ1) is 17.3. The summed E-state index contributed by atoms with van der Waals surface area (Å²) in [6.07, 6.45) is 5.40. The molecule has 7 nitrogen and oxygen atoms in total. The van der Waals surface area contributed by atoms with E-state index >= 15 is 0 Å². The fraction of sp³-hybridized carbons (Fsp3) is 0.786. The monoisotopic (exact) mass is 299 g/mol. The molecule has 120 valence electrons. The van der Waals surface area contributed by atoms with Crippen LogP contribution in [0.25, 0.3) is 0 Å². The molecule has 4 N–H and O–H groups in total. The lowest BCUT2D eigenvalue weighted by atomic mass is 9.95. The van der Waals surface area contributed by atoms with Gasteiger partial charge in [-0.3, -0.25) is 4.79 Å². The van der Waals surface area contributed by atoms with Crippen LogP contribution in [0, 0.1) is 5.92 Å². The molecule has 1 aliphatic carbocycles. The van der Waals surface area contributed by atoms with Crippen molar-refractivity contribution in [3.8, 4) is 0 Å². The third-order valence-electron chi connectivity index (χ3n) is 3.60. The topological polar surface area (TPSA) is 108 Å². The minimum atomic E-state index is -1.09. The van der Waals surface area contributed by atoms with Gasteiger partial charge in [-0.2, -0.15) is 0 Å². The summed E-state index contributed by atoms with van der Waals surface area (Å²) in [4.78, 5) is 34.2. The molecule has 1 unspecified atom stereocenters. The van der Waals surface area contributed by atoms with Crippen LogP contribution in [0.15, 0.2) is 0 Å². The predicted octanol–water partition coefficient (Wildman–Crippen LogP) is 0.844. The van der Waals surface area contributed by atoms with Gasteiger partial charge in [-0.05, 0) is 18.8 Å². The minimum absolute atomic E-state index is 0.146. The second-order valence-corrected chi connectivity index (χ2v) is 5.79. The molecule has 0 spiro atoms. The van der Waals surface area contributed by atoms with Gasteiger partial charge in [0.2, 0.25) is 5.91 Å². The van der Waals surface area contributed by atoms with Gasteiger partial charge >= 0.3 is 12.0 Å². The molecule has 0 aromatic carbocycles. The molecule has 1 saturated carbocycles. The van der Waals surface area contributed by atoms with E-state index in [0.29, 0.717) is 0 Å². The first-order valence-electron chi connectivity index (χ1n) is 7.46. The van der Waals surface area contributed by atoms with Crippen molar-refractivity contribution in [3.05, 3.63) is 0 Å². The van der Waals surface area contributed by atoms with Crippen molar-refractivity contribution in [3.63, 3.8) is 0 Å². The van der Waals surface area contributed by atoms with Crippen molar-refractivity contribution in [2.45, 2.75) is 58.0 Å². The Balaban J connectivity index is 2.28. The first-order valence-corrected chi connectivity index (χ1v) is 7.46. The van der Waals surface area contributed by atoms with E-state index in [1.165, 1.54) is 6.42 Å². The maximum atomic E-state index is 11.7. The van der Waals surface area contributed by atoms with E-state index in [1.54, 1.807) is 13.8 Å². The largest absolute Gasteiger partial charge is 0.480 e. The number of rotatable bonds is 6. The number of hydrogen-bond donors (Lipinski definition) is 4. The van der Waals surface area contributed by atoms with Crippen molar-refractivity contribution >= 4 is 17.9 Å². The maximum absolute atomic E-state index is 11.7. The van der Waals surface area contributed by atoms with Gasteiger partial charge in [0.25, 0.3) is 0 Å². The van der Waals surface area contributed by atoms with Crippen LogP contribution in [0.3, 0.4) is 0 Å². The summed E-state index contributed by atoms with van der Waals surface area (Å²) in [5, 5.41) is 16.6. The Kier molecular flexibility index (Phi) is 6.98. The second kappa shape index (κ2) is 8.49. The number of amides is 3. The fourth-order valence-electron chi connectivity index (χ4n) is 2.39. The minimum Gasteiger partial charge on any atom is -0.480 e. The summed E-state index contributed by atoms with van der Waals surface area (Å²) in [5.74, 6) is -1.57. The van der Waals surface area contributed by atoms with E-state index < -0.39 is 18.0 Å². The number of carbonyl (C=O) groups is 3. The highest BCUT2D eigenvalue weighted by Gasteiger charge is 2.23. The van der Waals surface area contributed by atoms with E-state index in [4.69, 9.17) is 5.11 Å². The molecule has 0 radical (unpaired) electrons. The standard InChI is InChI=1S/C14H25N3O4/c1-9(2)12(13(19)20)17-14(21)15-8-11(18)16-10-6-4-3-5-7-10/h9-10,12H,3-8H2,1-2H3,(H,16,18)(H,19,20)(H2,15,17,21). The van der Waals surface area contributed by atoms with Gasteiger partial charge in [-0.15, -0.1) is 0 Å². The molecule has 21 heavy (non-hydrogen) atoms. The third kappa shape index (κ3) is 6.46. The molecule has 0 bridgehead atoms. The second-order valence-electron chi connectivity index (χ2n) is 5.79. The summed E-state index contributed by atoms with van der Waals surface area (Å²) in [6, 6.07) is -1.42. The number of carbonyl (C=O) groups excluding carboxylic acids is 2. The SMILES string of the molecule is CC(C)C(NC(=O)NCC(=O)NC1CCCCC1)C(=O)O. The molecule has 0 heterocycles. The quantitative estimate of drug-likeness (QED) is 0.583. The number of hydrogen-bond acceptors (Lipinski definition) is 3. The smallest absolute Gasteiger partial charge is 0.326 e. The Bertz CT molecular complexity index is 378. The zero-order valence-corrected chi connectivity index (χ0v) is 12.6. The van der Waals surface area contributed by atoms with Gasteiger partial charge < -0.3 is 21.1 Å². The average molecular weight is 299 g/mol. The Morgan fingerprint density at radius 1 is 1.14 bits per heavy atom. The van der Waals surface area contributed by atoms with Gasteiger partial charge in [0.1, 0.15) is 6.04 Å². The number of carboxylic acid groups (broad SMARTS) is 1. The molecule has 1 fully saturated rings. The number of urea groups is 1. The molecule has 0 saturated heterocycles. The number of nitrogens with one attached hydrogen (secondary N) is 3. The lowest BCUT2D eigenvalue weighted by molar-refractivity contribution is -0.140. The normalized spacial score (nSPS) is 17.1. The van der Waals surface area contributed by atoms with E-state index in [0.717, 1.165) is 25.7 Å². The third-order valence-corrected chi connectivity index (χ3v) is 3.60. The molecule has 1 atom stereocenters. The number of carboxylic acids is 1. The van der Waals surface area contributed by atoms with E-state index in [-0.39, 0.29) is 24.4 Å². The van der Waals surface area contributed by atoms with Gasteiger partial charge in [0.05, 0.1) is 6.54 Å². The molecule has 0 aromatic rings. The van der Waals surface area contributed by atoms with Crippen LogP contribution in [0.5, 0.6) is 0 Å². The molecule has 0 aromatic heterocycles. The Hall–Kier alpha value is -1.79. The lowest BCUT2D eigenvalue weighted by Gasteiger charge is -2.23. The van der Waals surface area contributed by atoms with Crippen LogP contribution in [0.1, 0.15) is 46.0 Å². The van der Waals surface area contributed by atoms with E-state index in [2.05, 4.69) is 16.0 Å².